The van der Waals surface area contributed by atoms with Gasteiger partial charge in [-0.1, -0.05) is 38.1 Å². The van der Waals surface area contributed by atoms with Crippen LogP contribution in [0.25, 0.3) is 11.1 Å². The van der Waals surface area contributed by atoms with E-state index in [1.165, 1.54) is 5.56 Å². The fraction of sp³-hybridized carbons (Fsp3) is 0.333. The summed E-state index contributed by atoms with van der Waals surface area (Å²) in [7, 11) is 0. The van der Waals surface area contributed by atoms with Crippen LogP contribution in [0, 0.1) is 12.8 Å². The lowest BCUT2D eigenvalue weighted by Crippen LogP contribution is -2.19. The second-order valence-corrected chi connectivity index (χ2v) is 7.78. The van der Waals surface area contributed by atoms with Crippen LogP contribution < -0.4 is 11.1 Å². The number of primary amides is 1. The van der Waals surface area contributed by atoms with Crippen molar-refractivity contribution in [2.75, 3.05) is 5.32 Å². The van der Waals surface area contributed by atoms with Crippen LogP contribution in [0.5, 0.6) is 0 Å². The second kappa shape index (κ2) is 7.27. The predicted octanol–water partition coefficient (Wildman–Crippen LogP) is 5.48. The number of allylic oxidation sites excluding steroid dienone is 1. The van der Waals surface area contributed by atoms with E-state index in [1.807, 2.05) is 13.1 Å². The van der Waals surface area contributed by atoms with Crippen molar-refractivity contribution in [3.8, 4) is 11.1 Å². The standard InChI is InChI=1S/C24H27N3O/c1-4-15-11-18-7-6-17(12-20(18)27-13-15)19-10-14(3)21(24(25)28)23-22(19)16(5-2)8-9-26-23/h6-10,12-13,15-16,26H,4-5,11H2,1-3H3,(H2,25,28). The van der Waals surface area contributed by atoms with Crippen LogP contribution in [0.15, 0.2) is 41.5 Å². The van der Waals surface area contributed by atoms with E-state index in [2.05, 4.69) is 55.7 Å². The summed E-state index contributed by atoms with van der Waals surface area (Å²) >= 11 is 0. The molecule has 2 unspecified atom stereocenters. The second-order valence-electron chi connectivity index (χ2n) is 7.78. The van der Waals surface area contributed by atoms with Gasteiger partial charge in [-0.2, -0.15) is 0 Å². The van der Waals surface area contributed by atoms with Gasteiger partial charge in [-0.25, -0.2) is 0 Å². The van der Waals surface area contributed by atoms with Crippen LogP contribution in [0.1, 0.15) is 59.7 Å². The largest absolute Gasteiger partial charge is 0.366 e. The normalized spacial score (nSPS) is 19.7. The number of aryl methyl sites for hydroxylation is 1. The number of hydrogen-bond acceptors (Lipinski definition) is 3. The minimum Gasteiger partial charge on any atom is -0.366 e. The van der Waals surface area contributed by atoms with E-state index >= 15 is 0 Å². The number of rotatable bonds is 4. The highest BCUT2D eigenvalue weighted by Crippen LogP contribution is 2.44. The predicted molar refractivity (Wildman–Crippen MR) is 117 cm³/mol. The maximum Gasteiger partial charge on any atom is 0.251 e. The number of nitrogens with zero attached hydrogens (tertiary/aromatic N) is 1. The summed E-state index contributed by atoms with van der Waals surface area (Å²) < 4.78 is 0. The molecule has 2 aliphatic rings. The lowest BCUT2D eigenvalue weighted by Gasteiger charge is -2.27. The van der Waals surface area contributed by atoms with Gasteiger partial charge < -0.3 is 11.1 Å². The van der Waals surface area contributed by atoms with Gasteiger partial charge in [-0.15, -0.1) is 0 Å². The highest BCUT2D eigenvalue weighted by Gasteiger charge is 2.26. The molecule has 0 spiro atoms. The molecule has 4 rings (SSSR count). The van der Waals surface area contributed by atoms with Crippen LogP contribution in [-0.2, 0) is 6.42 Å². The van der Waals surface area contributed by atoms with E-state index in [-0.39, 0.29) is 5.92 Å². The molecule has 4 heteroatoms. The average molecular weight is 374 g/mol. The Morgan fingerprint density at radius 1 is 1.25 bits per heavy atom. The number of amides is 1. The van der Waals surface area contributed by atoms with E-state index in [1.54, 1.807) is 0 Å². The minimum atomic E-state index is -0.390. The van der Waals surface area contributed by atoms with Crippen LogP contribution >= 0.6 is 0 Å². The van der Waals surface area contributed by atoms with Crippen LogP contribution in [0.3, 0.4) is 0 Å². The maximum atomic E-state index is 12.1. The molecule has 0 saturated heterocycles. The molecule has 2 aliphatic heterocycles. The summed E-state index contributed by atoms with van der Waals surface area (Å²) in [6.45, 7) is 6.32. The molecule has 0 aromatic heterocycles. The van der Waals surface area contributed by atoms with E-state index in [0.717, 1.165) is 52.9 Å². The number of aliphatic imine (C=N–C) groups is 1. The first kappa shape index (κ1) is 18.5. The third-order valence-electron chi connectivity index (χ3n) is 6.01. The molecule has 2 heterocycles. The molecule has 2 atom stereocenters. The van der Waals surface area contributed by atoms with Gasteiger partial charge in [0.05, 0.1) is 16.9 Å². The van der Waals surface area contributed by atoms with Gasteiger partial charge in [-0.05, 0) is 72.2 Å². The Balaban J connectivity index is 1.90. The Bertz CT molecular complexity index is 1000. The van der Waals surface area contributed by atoms with Crippen molar-refractivity contribution >= 4 is 23.5 Å². The molecular formula is C24H27N3O. The van der Waals surface area contributed by atoms with Gasteiger partial charge in [0.2, 0.25) is 0 Å². The summed E-state index contributed by atoms with van der Waals surface area (Å²) in [6, 6.07) is 8.68. The first-order chi connectivity index (χ1) is 13.5. The smallest absolute Gasteiger partial charge is 0.251 e. The Labute approximate surface area is 166 Å². The molecule has 144 valence electrons. The monoisotopic (exact) mass is 373 g/mol. The fourth-order valence-electron chi connectivity index (χ4n) is 4.40. The summed E-state index contributed by atoms with van der Waals surface area (Å²) in [5, 5.41) is 3.29. The zero-order valence-corrected chi connectivity index (χ0v) is 16.8. The number of fused-ring (bicyclic) bond motifs is 2. The third-order valence-corrected chi connectivity index (χ3v) is 6.01. The number of hydrogen-bond donors (Lipinski definition) is 2. The van der Waals surface area contributed by atoms with E-state index in [9.17, 15) is 4.79 Å². The van der Waals surface area contributed by atoms with Crippen molar-refractivity contribution in [3.63, 3.8) is 0 Å². The molecular weight excluding hydrogens is 346 g/mol. The summed E-state index contributed by atoms with van der Waals surface area (Å²) in [5.41, 5.74) is 13.8. The van der Waals surface area contributed by atoms with Crippen molar-refractivity contribution in [2.45, 2.75) is 46.0 Å². The van der Waals surface area contributed by atoms with Gasteiger partial charge in [0, 0.05) is 12.1 Å². The van der Waals surface area contributed by atoms with E-state index in [4.69, 9.17) is 10.7 Å². The van der Waals surface area contributed by atoms with Crippen molar-refractivity contribution < 1.29 is 4.79 Å². The molecule has 1 amide bonds. The van der Waals surface area contributed by atoms with Gasteiger partial charge in [-0.3, -0.25) is 9.79 Å². The molecule has 2 aromatic carbocycles. The Morgan fingerprint density at radius 3 is 2.79 bits per heavy atom. The lowest BCUT2D eigenvalue weighted by atomic mass is 9.82. The molecule has 0 aliphatic carbocycles. The molecule has 28 heavy (non-hydrogen) atoms. The maximum absolute atomic E-state index is 12.1. The van der Waals surface area contributed by atoms with Gasteiger partial charge >= 0.3 is 0 Å². The summed E-state index contributed by atoms with van der Waals surface area (Å²) in [4.78, 5) is 16.8. The summed E-state index contributed by atoms with van der Waals surface area (Å²) in [6.07, 6.45) is 9.29. The first-order valence-corrected chi connectivity index (χ1v) is 10.1. The van der Waals surface area contributed by atoms with Crippen molar-refractivity contribution in [1.82, 2.24) is 0 Å². The number of nitrogens with one attached hydrogen (secondary N) is 1. The van der Waals surface area contributed by atoms with Crippen molar-refractivity contribution in [3.05, 3.63) is 58.8 Å². The number of anilines is 1. The average Bonchev–Trinajstić information content (AvgIpc) is 2.71. The van der Waals surface area contributed by atoms with Crippen LogP contribution in [-0.4, -0.2) is 12.1 Å². The SMILES string of the molecule is CCC1C=Nc2cc(-c3cc(C)c(C(N)=O)c4c3C(CC)C=CN4)ccc2C1. The molecule has 0 fully saturated rings. The van der Waals surface area contributed by atoms with Crippen molar-refractivity contribution in [1.29, 1.82) is 0 Å². The number of nitrogens with two attached hydrogens (primary N) is 1. The highest BCUT2D eigenvalue weighted by atomic mass is 16.1. The Kier molecular flexibility index (Phi) is 4.80. The molecule has 4 nitrogen and oxygen atoms in total. The number of carbonyl (C=O) groups excluding carboxylic acids is 1. The lowest BCUT2D eigenvalue weighted by molar-refractivity contribution is 0.100. The number of carbonyl (C=O) groups is 1. The molecule has 0 saturated carbocycles. The Morgan fingerprint density at radius 2 is 2.07 bits per heavy atom. The number of benzene rings is 2. The minimum absolute atomic E-state index is 0.244. The third kappa shape index (κ3) is 3.03. The zero-order chi connectivity index (χ0) is 19.8. The molecule has 3 N–H and O–H groups in total. The molecule has 2 aromatic rings. The van der Waals surface area contributed by atoms with Crippen LogP contribution in [0.4, 0.5) is 11.4 Å². The van der Waals surface area contributed by atoms with E-state index < -0.39 is 5.91 Å². The quantitative estimate of drug-likeness (QED) is 0.745. The van der Waals surface area contributed by atoms with Gasteiger partial charge in [0.25, 0.3) is 5.91 Å². The van der Waals surface area contributed by atoms with Crippen LogP contribution in [0.2, 0.25) is 0 Å². The first-order valence-electron chi connectivity index (χ1n) is 10.1. The zero-order valence-electron chi connectivity index (χ0n) is 16.8. The van der Waals surface area contributed by atoms with E-state index in [0.29, 0.717) is 11.5 Å². The fourth-order valence-corrected chi connectivity index (χ4v) is 4.40. The van der Waals surface area contributed by atoms with Gasteiger partial charge in [0.1, 0.15) is 0 Å². The Hall–Kier alpha value is -2.88. The molecule has 0 bridgehead atoms. The van der Waals surface area contributed by atoms with Gasteiger partial charge in [0.15, 0.2) is 0 Å². The topological polar surface area (TPSA) is 67.5 Å². The highest BCUT2D eigenvalue weighted by molar-refractivity contribution is 6.03. The molecule has 0 radical (unpaired) electrons. The van der Waals surface area contributed by atoms with Crippen molar-refractivity contribution in [2.24, 2.45) is 16.6 Å². The summed E-state index contributed by atoms with van der Waals surface area (Å²) in [5.74, 6) is 0.384.